The zero-order valence-electron chi connectivity index (χ0n) is 10.1. The van der Waals surface area contributed by atoms with Gasteiger partial charge in [-0.3, -0.25) is 0 Å². The fraction of sp³-hybridized carbons (Fsp3) is 0.333. The molecule has 0 saturated heterocycles. The van der Waals surface area contributed by atoms with E-state index >= 15 is 0 Å². The van der Waals surface area contributed by atoms with Crippen LogP contribution in [0.15, 0.2) is 24.3 Å². The van der Waals surface area contributed by atoms with Gasteiger partial charge in [0.2, 0.25) is 0 Å². The van der Waals surface area contributed by atoms with E-state index in [0.717, 1.165) is 5.56 Å². The first-order valence-corrected chi connectivity index (χ1v) is 5.00. The largest absolute Gasteiger partial charge is 0.465 e. The summed E-state index contributed by atoms with van der Waals surface area (Å²) < 4.78 is 4.54. The van der Waals surface area contributed by atoms with E-state index in [1.54, 1.807) is 12.1 Å². The van der Waals surface area contributed by atoms with Crippen LogP contribution in [-0.2, 0) is 11.3 Å². The lowest BCUT2D eigenvalue weighted by Crippen LogP contribution is -2.02. The molecule has 16 heavy (non-hydrogen) atoms. The third-order valence-electron chi connectivity index (χ3n) is 1.61. The Labute approximate surface area is 96.9 Å². The molecule has 0 saturated carbocycles. The summed E-state index contributed by atoms with van der Waals surface area (Å²) in [5.41, 5.74) is 6.95. The maximum absolute atomic E-state index is 11.0. The lowest BCUT2D eigenvalue weighted by molar-refractivity contribution is 0.0600. The van der Waals surface area contributed by atoms with Crippen LogP contribution in [0.5, 0.6) is 0 Å². The molecule has 3 N–H and O–H groups in total. The predicted molar refractivity (Wildman–Crippen MR) is 66.9 cm³/mol. The van der Waals surface area contributed by atoms with Crippen molar-refractivity contribution in [2.24, 2.45) is 5.73 Å². The summed E-state index contributed by atoms with van der Waals surface area (Å²) in [7, 11) is 1.36. The number of esters is 1. The van der Waals surface area contributed by atoms with Crippen LogP contribution >= 0.6 is 0 Å². The first kappa shape index (κ1) is 16.7. The summed E-state index contributed by atoms with van der Waals surface area (Å²) in [5.74, 6) is -0.321. The van der Waals surface area contributed by atoms with Crippen LogP contribution in [-0.4, -0.2) is 19.8 Å². The van der Waals surface area contributed by atoms with Gasteiger partial charge in [-0.1, -0.05) is 26.0 Å². The van der Waals surface area contributed by atoms with Crippen molar-refractivity contribution in [3.05, 3.63) is 35.4 Å². The van der Waals surface area contributed by atoms with E-state index in [9.17, 15) is 4.79 Å². The van der Waals surface area contributed by atoms with Crippen LogP contribution in [0.1, 0.15) is 29.8 Å². The van der Waals surface area contributed by atoms with E-state index in [4.69, 9.17) is 11.1 Å². The summed E-state index contributed by atoms with van der Waals surface area (Å²) in [6.45, 7) is 6.99. The number of carbonyl (C=O) groups is 1. The summed E-state index contributed by atoms with van der Waals surface area (Å²) in [4.78, 5) is 11.0. The minimum absolute atomic E-state index is 0.321. The number of rotatable bonds is 2. The number of hydrogen-bond donors (Lipinski definition) is 2. The number of nitrogens with two attached hydrogens (primary N) is 1. The molecular weight excluding hydrogens is 204 g/mol. The highest BCUT2D eigenvalue weighted by atomic mass is 16.5. The fourth-order valence-corrected chi connectivity index (χ4v) is 0.895. The number of methoxy groups -OCH3 is 1. The Bertz CT molecular complexity index is 284. The van der Waals surface area contributed by atoms with Crippen molar-refractivity contribution in [1.82, 2.24) is 0 Å². The van der Waals surface area contributed by atoms with Gasteiger partial charge < -0.3 is 15.9 Å². The number of ether oxygens (including phenoxy) is 1. The van der Waals surface area contributed by atoms with E-state index in [-0.39, 0.29) is 5.97 Å². The monoisotopic (exact) mass is 224 g/mol. The molecule has 0 radical (unpaired) electrons. The molecule has 90 valence electrons. The Morgan fingerprint density at radius 3 is 2.06 bits per heavy atom. The molecule has 1 aromatic rings. The van der Waals surface area contributed by atoms with Gasteiger partial charge in [-0.2, -0.15) is 0 Å². The fourth-order valence-electron chi connectivity index (χ4n) is 0.895. The lowest BCUT2D eigenvalue weighted by atomic mass is 10.1. The Kier molecular flexibility index (Phi) is 11.9. The van der Waals surface area contributed by atoms with Crippen molar-refractivity contribution in [3.63, 3.8) is 0 Å². The van der Waals surface area contributed by atoms with Gasteiger partial charge in [0.1, 0.15) is 0 Å². The molecular formula is C12H20N2O2. The molecule has 0 amide bonds. The van der Waals surface area contributed by atoms with Gasteiger partial charge >= 0.3 is 5.97 Å². The lowest BCUT2D eigenvalue weighted by Gasteiger charge is -1.99. The summed E-state index contributed by atoms with van der Waals surface area (Å²) >= 11 is 0. The van der Waals surface area contributed by atoms with Crippen molar-refractivity contribution in [2.75, 3.05) is 7.11 Å². The number of nitrogens with one attached hydrogen (secondary N) is 1. The van der Waals surface area contributed by atoms with Crippen molar-refractivity contribution in [3.8, 4) is 0 Å². The summed E-state index contributed by atoms with van der Waals surface area (Å²) in [5, 5.41) is 5.50. The van der Waals surface area contributed by atoms with Crippen LogP contribution in [0.3, 0.4) is 0 Å². The maximum Gasteiger partial charge on any atom is 0.337 e. The highest BCUT2D eigenvalue weighted by Gasteiger charge is 2.02. The minimum atomic E-state index is -0.321. The van der Waals surface area contributed by atoms with Crippen LogP contribution in [0.2, 0.25) is 0 Å². The second-order valence-corrected chi connectivity index (χ2v) is 2.39. The van der Waals surface area contributed by atoms with Crippen molar-refractivity contribution in [1.29, 1.82) is 5.41 Å². The smallest absolute Gasteiger partial charge is 0.337 e. The van der Waals surface area contributed by atoms with Gasteiger partial charge in [0.05, 0.1) is 12.7 Å². The zero-order chi connectivity index (χ0) is 13.0. The van der Waals surface area contributed by atoms with E-state index in [1.807, 2.05) is 26.0 Å². The molecule has 0 aliphatic carbocycles. The first-order chi connectivity index (χ1) is 7.77. The molecule has 0 bridgehead atoms. The van der Waals surface area contributed by atoms with Crippen molar-refractivity contribution in [2.45, 2.75) is 20.4 Å². The number of carbonyl (C=O) groups excluding carboxylic acids is 1. The molecule has 0 heterocycles. The maximum atomic E-state index is 11.0. The van der Waals surface area contributed by atoms with Gasteiger partial charge in [0, 0.05) is 6.54 Å². The highest BCUT2D eigenvalue weighted by molar-refractivity contribution is 5.89. The van der Waals surface area contributed by atoms with Gasteiger partial charge in [-0.05, 0) is 24.4 Å². The highest BCUT2D eigenvalue weighted by Crippen LogP contribution is 2.04. The molecule has 0 atom stereocenters. The van der Waals surface area contributed by atoms with Crippen LogP contribution in [0.25, 0.3) is 0 Å². The molecule has 0 fully saturated rings. The summed E-state index contributed by atoms with van der Waals surface area (Å²) in [6, 6.07) is 7.03. The summed E-state index contributed by atoms with van der Waals surface area (Å²) in [6.07, 6.45) is 0. The SMILES string of the molecule is C=N.CC.COC(=O)c1ccc(CN)cc1. The van der Waals surface area contributed by atoms with Gasteiger partial charge in [-0.15, -0.1) is 0 Å². The van der Waals surface area contributed by atoms with Gasteiger partial charge in [-0.25, -0.2) is 4.79 Å². The van der Waals surface area contributed by atoms with Crippen LogP contribution < -0.4 is 5.73 Å². The van der Waals surface area contributed by atoms with Gasteiger partial charge in [0.15, 0.2) is 0 Å². The molecule has 0 aliphatic rings. The Hall–Kier alpha value is -1.68. The molecule has 0 aliphatic heterocycles. The Balaban J connectivity index is 0. The minimum Gasteiger partial charge on any atom is -0.465 e. The second-order valence-electron chi connectivity index (χ2n) is 2.39. The molecule has 0 aromatic heterocycles. The predicted octanol–water partition coefficient (Wildman–Crippen LogP) is 2.22. The second kappa shape index (κ2) is 11.4. The molecule has 0 spiro atoms. The standard InChI is InChI=1S/C9H11NO2.C2H6.CH3N/c1-12-9(11)8-4-2-7(6-10)3-5-8;2*1-2/h2-5H,6,10H2,1H3;1-2H3;2H,1H2. The Morgan fingerprint density at radius 2 is 1.75 bits per heavy atom. The molecule has 1 aromatic carbocycles. The molecule has 4 nitrogen and oxygen atoms in total. The van der Waals surface area contributed by atoms with E-state index < -0.39 is 0 Å². The molecule has 4 heteroatoms. The zero-order valence-corrected chi connectivity index (χ0v) is 10.1. The molecule has 1 rings (SSSR count). The van der Waals surface area contributed by atoms with Crippen molar-refractivity contribution < 1.29 is 9.53 Å². The van der Waals surface area contributed by atoms with Crippen molar-refractivity contribution >= 4 is 12.7 Å². The van der Waals surface area contributed by atoms with E-state index in [1.165, 1.54) is 7.11 Å². The Morgan fingerprint density at radius 1 is 1.31 bits per heavy atom. The topological polar surface area (TPSA) is 76.2 Å². The average molecular weight is 224 g/mol. The normalized spacial score (nSPS) is 7.75. The third-order valence-corrected chi connectivity index (χ3v) is 1.61. The van der Waals surface area contributed by atoms with E-state index in [2.05, 4.69) is 11.5 Å². The molecule has 0 unspecified atom stereocenters. The van der Waals surface area contributed by atoms with Crippen LogP contribution in [0, 0.1) is 5.41 Å². The first-order valence-electron chi connectivity index (χ1n) is 5.00. The van der Waals surface area contributed by atoms with Gasteiger partial charge in [0.25, 0.3) is 0 Å². The average Bonchev–Trinajstić information content (AvgIpc) is 2.42. The number of benzene rings is 1. The number of hydrogen-bond acceptors (Lipinski definition) is 4. The van der Waals surface area contributed by atoms with Crippen LogP contribution in [0.4, 0.5) is 0 Å². The third kappa shape index (κ3) is 5.93. The quantitative estimate of drug-likeness (QED) is 0.597. The van der Waals surface area contributed by atoms with E-state index in [0.29, 0.717) is 12.1 Å².